The first-order valence-electron chi connectivity index (χ1n) is 7.28. The number of piperidine rings is 2. The molecule has 2 aliphatic rings. The molecule has 0 radical (unpaired) electrons. The molecule has 0 saturated carbocycles. The van der Waals surface area contributed by atoms with E-state index in [1.165, 1.54) is 19.3 Å². The van der Waals surface area contributed by atoms with Gasteiger partial charge in [-0.2, -0.15) is 0 Å². The van der Waals surface area contributed by atoms with E-state index in [1.807, 2.05) is 12.1 Å². The van der Waals surface area contributed by atoms with Crippen molar-refractivity contribution in [3.05, 3.63) is 23.9 Å². The number of anilines is 1. The van der Waals surface area contributed by atoms with E-state index in [2.05, 4.69) is 15.2 Å². The van der Waals surface area contributed by atoms with Crippen LogP contribution < -0.4 is 10.2 Å². The lowest BCUT2D eigenvalue weighted by atomic mass is 9.92. The van der Waals surface area contributed by atoms with Crippen molar-refractivity contribution >= 4 is 17.6 Å². The fourth-order valence-corrected chi connectivity index (χ4v) is 2.93. The zero-order valence-corrected chi connectivity index (χ0v) is 11.5. The molecule has 0 aromatic carbocycles. The highest BCUT2D eigenvalue weighted by Crippen LogP contribution is 2.26. The van der Waals surface area contributed by atoms with Crippen molar-refractivity contribution < 1.29 is 9.59 Å². The molecule has 1 aromatic heterocycles. The second-order valence-electron chi connectivity index (χ2n) is 5.50. The predicted octanol–water partition coefficient (Wildman–Crippen LogP) is 1.59. The van der Waals surface area contributed by atoms with Gasteiger partial charge in [0.25, 0.3) is 0 Å². The van der Waals surface area contributed by atoms with Gasteiger partial charge in [0.1, 0.15) is 5.82 Å². The SMILES string of the molecule is O=C1CC[C@H](c2ccc(N3CCCCC3)nc2)C(=O)N1. The lowest BCUT2D eigenvalue weighted by Crippen LogP contribution is -2.39. The standard InChI is InChI=1S/C15H19N3O2/c19-14-7-5-12(15(20)17-14)11-4-6-13(16-10-11)18-8-2-1-3-9-18/h4,6,10,12H,1-3,5,7-9H2,(H,17,19,20)/t12-/m1/s1. The fourth-order valence-electron chi connectivity index (χ4n) is 2.93. The second-order valence-corrected chi connectivity index (χ2v) is 5.50. The number of imide groups is 1. The van der Waals surface area contributed by atoms with E-state index in [0.717, 1.165) is 24.5 Å². The van der Waals surface area contributed by atoms with Gasteiger partial charge in [-0.1, -0.05) is 6.07 Å². The molecule has 5 nitrogen and oxygen atoms in total. The summed E-state index contributed by atoms with van der Waals surface area (Å²) in [7, 11) is 0. The Bertz CT molecular complexity index is 506. The molecule has 1 N–H and O–H groups in total. The maximum atomic E-state index is 11.8. The zero-order chi connectivity index (χ0) is 13.9. The first kappa shape index (κ1) is 13.1. The molecule has 0 spiro atoms. The summed E-state index contributed by atoms with van der Waals surface area (Å²) in [5.41, 5.74) is 0.899. The van der Waals surface area contributed by atoms with Crippen LogP contribution in [0.2, 0.25) is 0 Å². The number of rotatable bonds is 2. The van der Waals surface area contributed by atoms with Crippen LogP contribution in [0.15, 0.2) is 18.3 Å². The summed E-state index contributed by atoms with van der Waals surface area (Å²) < 4.78 is 0. The summed E-state index contributed by atoms with van der Waals surface area (Å²) in [6.07, 6.45) is 6.50. The Morgan fingerprint density at radius 2 is 1.95 bits per heavy atom. The Hall–Kier alpha value is -1.91. The lowest BCUT2D eigenvalue weighted by molar-refractivity contribution is -0.134. The molecule has 1 atom stereocenters. The minimum atomic E-state index is -0.240. The summed E-state index contributed by atoms with van der Waals surface area (Å²) in [5.74, 6) is 0.370. The molecule has 0 unspecified atom stereocenters. The Labute approximate surface area is 118 Å². The predicted molar refractivity (Wildman–Crippen MR) is 75.4 cm³/mol. The average molecular weight is 273 g/mol. The zero-order valence-electron chi connectivity index (χ0n) is 11.5. The minimum absolute atomic E-state index is 0.177. The number of hydrogen-bond acceptors (Lipinski definition) is 4. The third-order valence-electron chi connectivity index (χ3n) is 4.09. The summed E-state index contributed by atoms with van der Waals surface area (Å²) in [6.45, 7) is 2.12. The lowest BCUT2D eigenvalue weighted by Gasteiger charge is -2.28. The van der Waals surface area contributed by atoms with E-state index in [0.29, 0.717) is 12.8 Å². The van der Waals surface area contributed by atoms with Gasteiger partial charge in [0.2, 0.25) is 11.8 Å². The first-order valence-corrected chi connectivity index (χ1v) is 7.28. The quantitative estimate of drug-likeness (QED) is 0.831. The molecule has 2 saturated heterocycles. The van der Waals surface area contributed by atoms with Crippen LogP contribution in [0.3, 0.4) is 0 Å². The Morgan fingerprint density at radius 1 is 1.15 bits per heavy atom. The molecule has 1 aromatic rings. The number of aromatic nitrogens is 1. The van der Waals surface area contributed by atoms with Crippen LogP contribution in [0.5, 0.6) is 0 Å². The van der Waals surface area contributed by atoms with Crippen molar-refractivity contribution in [2.24, 2.45) is 0 Å². The minimum Gasteiger partial charge on any atom is -0.357 e. The number of hydrogen-bond donors (Lipinski definition) is 1. The molecule has 3 heterocycles. The van der Waals surface area contributed by atoms with Gasteiger partial charge in [0, 0.05) is 25.7 Å². The fraction of sp³-hybridized carbons (Fsp3) is 0.533. The summed E-state index contributed by atoms with van der Waals surface area (Å²) in [5, 5.41) is 2.39. The number of carbonyl (C=O) groups is 2. The van der Waals surface area contributed by atoms with Crippen LogP contribution in [-0.4, -0.2) is 29.9 Å². The van der Waals surface area contributed by atoms with Crippen LogP contribution in [0.1, 0.15) is 43.6 Å². The Balaban J connectivity index is 1.72. The van der Waals surface area contributed by atoms with E-state index in [9.17, 15) is 9.59 Å². The number of carbonyl (C=O) groups excluding carboxylic acids is 2. The molecule has 3 rings (SSSR count). The number of nitrogens with one attached hydrogen (secondary N) is 1. The normalized spacial score (nSPS) is 23.6. The molecule has 106 valence electrons. The van der Waals surface area contributed by atoms with E-state index in [-0.39, 0.29) is 17.7 Å². The third kappa shape index (κ3) is 2.66. The third-order valence-corrected chi connectivity index (χ3v) is 4.09. The van der Waals surface area contributed by atoms with Crippen LogP contribution in [0.25, 0.3) is 0 Å². The number of nitrogens with zero attached hydrogens (tertiary/aromatic N) is 2. The molecule has 2 aliphatic heterocycles. The smallest absolute Gasteiger partial charge is 0.234 e. The molecule has 20 heavy (non-hydrogen) atoms. The van der Waals surface area contributed by atoms with Gasteiger partial charge in [-0.05, 0) is 37.3 Å². The largest absolute Gasteiger partial charge is 0.357 e. The number of pyridine rings is 1. The van der Waals surface area contributed by atoms with Gasteiger partial charge in [0.15, 0.2) is 0 Å². The van der Waals surface area contributed by atoms with Gasteiger partial charge < -0.3 is 4.90 Å². The highest BCUT2D eigenvalue weighted by atomic mass is 16.2. The molecular formula is C15H19N3O2. The van der Waals surface area contributed by atoms with Crippen molar-refractivity contribution in [3.8, 4) is 0 Å². The van der Waals surface area contributed by atoms with E-state index in [1.54, 1.807) is 6.20 Å². The molecule has 2 fully saturated rings. The Kier molecular flexibility index (Phi) is 3.67. The van der Waals surface area contributed by atoms with Crippen LogP contribution in [0.4, 0.5) is 5.82 Å². The van der Waals surface area contributed by atoms with E-state index < -0.39 is 0 Å². The van der Waals surface area contributed by atoms with Crippen LogP contribution in [0, 0.1) is 0 Å². The first-order chi connectivity index (χ1) is 9.74. The average Bonchev–Trinajstić information content (AvgIpc) is 2.48. The topological polar surface area (TPSA) is 62.3 Å². The monoisotopic (exact) mass is 273 g/mol. The summed E-state index contributed by atoms with van der Waals surface area (Å²) >= 11 is 0. The van der Waals surface area contributed by atoms with Gasteiger partial charge in [0.05, 0.1) is 5.92 Å². The highest BCUT2D eigenvalue weighted by molar-refractivity contribution is 6.00. The van der Waals surface area contributed by atoms with Crippen LogP contribution in [-0.2, 0) is 9.59 Å². The number of amides is 2. The maximum Gasteiger partial charge on any atom is 0.234 e. The van der Waals surface area contributed by atoms with Crippen LogP contribution >= 0.6 is 0 Å². The summed E-state index contributed by atoms with van der Waals surface area (Å²) in [6, 6.07) is 3.96. The van der Waals surface area contributed by atoms with E-state index in [4.69, 9.17) is 0 Å². The van der Waals surface area contributed by atoms with Crippen molar-refractivity contribution in [2.75, 3.05) is 18.0 Å². The molecule has 0 aliphatic carbocycles. The molecule has 0 bridgehead atoms. The highest BCUT2D eigenvalue weighted by Gasteiger charge is 2.28. The molecule has 2 amide bonds. The van der Waals surface area contributed by atoms with Crippen molar-refractivity contribution in [1.82, 2.24) is 10.3 Å². The van der Waals surface area contributed by atoms with Gasteiger partial charge >= 0.3 is 0 Å². The van der Waals surface area contributed by atoms with Crippen molar-refractivity contribution in [2.45, 2.75) is 38.0 Å². The van der Waals surface area contributed by atoms with Gasteiger partial charge in [-0.25, -0.2) is 4.98 Å². The Morgan fingerprint density at radius 3 is 2.60 bits per heavy atom. The molecular weight excluding hydrogens is 254 g/mol. The van der Waals surface area contributed by atoms with Gasteiger partial charge in [-0.15, -0.1) is 0 Å². The second kappa shape index (κ2) is 5.61. The van der Waals surface area contributed by atoms with Crippen molar-refractivity contribution in [1.29, 1.82) is 0 Å². The molecule has 5 heteroatoms. The summed E-state index contributed by atoms with van der Waals surface area (Å²) in [4.78, 5) is 29.8. The van der Waals surface area contributed by atoms with E-state index >= 15 is 0 Å². The van der Waals surface area contributed by atoms with Crippen molar-refractivity contribution in [3.63, 3.8) is 0 Å². The van der Waals surface area contributed by atoms with Gasteiger partial charge in [-0.3, -0.25) is 14.9 Å². The maximum absolute atomic E-state index is 11.8.